The van der Waals surface area contributed by atoms with Gasteiger partial charge in [0.05, 0.1) is 6.54 Å². The Hall–Kier alpha value is -0.580. The molecule has 5 heteroatoms. The molecule has 0 atom stereocenters. The van der Waals surface area contributed by atoms with Crippen LogP contribution in [0.3, 0.4) is 0 Å². The van der Waals surface area contributed by atoms with Crippen molar-refractivity contribution >= 4 is 38.9 Å². The second kappa shape index (κ2) is 4.96. The van der Waals surface area contributed by atoms with Gasteiger partial charge in [-0.3, -0.25) is 9.36 Å². The van der Waals surface area contributed by atoms with Gasteiger partial charge in [0.25, 0.3) is 0 Å². The van der Waals surface area contributed by atoms with Crippen LogP contribution in [-0.4, -0.2) is 4.57 Å². The molecule has 0 saturated carbocycles. The molecule has 1 heterocycles. The number of nitrogens with zero attached hydrogens (tertiary/aromatic N) is 1. The van der Waals surface area contributed by atoms with Crippen LogP contribution in [0.15, 0.2) is 27.5 Å². The van der Waals surface area contributed by atoms with E-state index in [9.17, 15) is 4.79 Å². The van der Waals surface area contributed by atoms with Gasteiger partial charge in [0, 0.05) is 20.1 Å². The molecular formula is C12H11BrClNOS. The molecule has 1 aromatic carbocycles. The van der Waals surface area contributed by atoms with Gasteiger partial charge in [-0.05, 0) is 31.5 Å². The van der Waals surface area contributed by atoms with Crippen LogP contribution in [0, 0.1) is 13.8 Å². The average Bonchev–Trinajstić information content (AvgIpc) is 2.48. The van der Waals surface area contributed by atoms with Crippen molar-refractivity contribution in [2.45, 2.75) is 20.4 Å². The number of rotatable bonds is 2. The van der Waals surface area contributed by atoms with E-state index in [2.05, 4.69) is 15.9 Å². The summed E-state index contributed by atoms with van der Waals surface area (Å²) in [6.45, 7) is 4.45. The molecule has 0 N–H and O–H groups in total. The van der Waals surface area contributed by atoms with E-state index in [1.165, 1.54) is 11.3 Å². The van der Waals surface area contributed by atoms with Crippen molar-refractivity contribution in [1.29, 1.82) is 0 Å². The van der Waals surface area contributed by atoms with E-state index in [-0.39, 0.29) is 4.87 Å². The van der Waals surface area contributed by atoms with Crippen molar-refractivity contribution in [3.05, 3.63) is 53.5 Å². The summed E-state index contributed by atoms with van der Waals surface area (Å²) in [4.78, 5) is 12.9. The molecule has 2 rings (SSSR count). The Morgan fingerprint density at radius 1 is 1.41 bits per heavy atom. The molecule has 0 unspecified atom stereocenters. The SMILES string of the molecule is Cc1sc(=O)n(Cc2ccc(Br)cc2Cl)c1C. The van der Waals surface area contributed by atoms with Gasteiger partial charge < -0.3 is 0 Å². The van der Waals surface area contributed by atoms with Gasteiger partial charge in [0.15, 0.2) is 0 Å². The molecule has 0 amide bonds. The van der Waals surface area contributed by atoms with E-state index < -0.39 is 0 Å². The molecule has 90 valence electrons. The Morgan fingerprint density at radius 3 is 2.65 bits per heavy atom. The molecular weight excluding hydrogens is 322 g/mol. The third kappa shape index (κ3) is 2.64. The largest absolute Gasteiger partial charge is 0.307 e. The first kappa shape index (κ1) is 12.9. The van der Waals surface area contributed by atoms with Crippen molar-refractivity contribution in [3.8, 4) is 0 Å². The van der Waals surface area contributed by atoms with Crippen molar-refractivity contribution in [2.75, 3.05) is 0 Å². The minimum Gasteiger partial charge on any atom is -0.299 e. The molecule has 0 aliphatic carbocycles. The Labute approximate surface area is 117 Å². The fraction of sp³-hybridized carbons (Fsp3) is 0.250. The first-order chi connectivity index (χ1) is 7.99. The van der Waals surface area contributed by atoms with Gasteiger partial charge in [-0.1, -0.05) is 44.9 Å². The summed E-state index contributed by atoms with van der Waals surface area (Å²) in [5.74, 6) is 0. The average molecular weight is 333 g/mol. The smallest absolute Gasteiger partial charge is 0.299 e. The molecule has 0 aliphatic rings. The number of benzene rings is 1. The summed E-state index contributed by atoms with van der Waals surface area (Å²) >= 11 is 10.8. The summed E-state index contributed by atoms with van der Waals surface area (Å²) in [7, 11) is 0. The fourth-order valence-corrected chi connectivity index (χ4v) is 3.15. The summed E-state index contributed by atoms with van der Waals surface area (Å²) in [6.07, 6.45) is 0. The number of aromatic nitrogens is 1. The third-order valence-corrected chi connectivity index (χ3v) is 4.56. The molecule has 1 aromatic heterocycles. The maximum atomic E-state index is 11.8. The van der Waals surface area contributed by atoms with E-state index in [0.717, 1.165) is 20.6 Å². The lowest BCUT2D eigenvalue weighted by atomic mass is 10.2. The summed E-state index contributed by atoms with van der Waals surface area (Å²) in [5.41, 5.74) is 1.97. The molecule has 0 aliphatic heterocycles. The second-order valence-corrected chi connectivity index (χ2v) is 6.32. The summed E-state index contributed by atoms with van der Waals surface area (Å²) in [6, 6.07) is 5.71. The Balaban J connectivity index is 2.41. The first-order valence-corrected chi connectivity index (χ1v) is 7.08. The zero-order chi connectivity index (χ0) is 12.6. The number of hydrogen-bond donors (Lipinski definition) is 0. The summed E-state index contributed by atoms with van der Waals surface area (Å²) < 4.78 is 2.70. The highest BCUT2D eigenvalue weighted by Crippen LogP contribution is 2.22. The van der Waals surface area contributed by atoms with Crippen molar-refractivity contribution < 1.29 is 0 Å². The number of hydrogen-bond acceptors (Lipinski definition) is 2. The highest BCUT2D eigenvalue weighted by atomic mass is 79.9. The quantitative estimate of drug-likeness (QED) is 0.815. The predicted molar refractivity (Wildman–Crippen MR) is 76.3 cm³/mol. The molecule has 0 saturated heterocycles. The minimum absolute atomic E-state index is 0.0685. The van der Waals surface area contributed by atoms with E-state index in [4.69, 9.17) is 11.6 Å². The number of halogens is 2. The predicted octanol–water partition coefficient (Wildman–Crippen LogP) is 3.99. The molecule has 17 heavy (non-hydrogen) atoms. The van der Waals surface area contributed by atoms with Gasteiger partial charge in [-0.15, -0.1) is 0 Å². The normalized spacial score (nSPS) is 10.8. The van der Waals surface area contributed by atoms with Gasteiger partial charge in [0.1, 0.15) is 0 Å². The molecule has 0 spiro atoms. The van der Waals surface area contributed by atoms with Crippen LogP contribution in [0.2, 0.25) is 5.02 Å². The maximum Gasteiger partial charge on any atom is 0.307 e. The van der Waals surface area contributed by atoms with E-state index >= 15 is 0 Å². The van der Waals surface area contributed by atoms with Crippen molar-refractivity contribution in [2.24, 2.45) is 0 Å². The molecule has 0 bridgehead atoms. The van der Waals surface area contributed by atoms with Gasteiger partial charge >= 0.3 is 4.87 Å². The van der Waals surface area contributed by atoms with Crippen LogP contribution in [0.5, 0.6) is 0 Å². The van der Waals surface area contributed by atoms with Crippen LogP contribution in [0.25, 0.3) is 0 Å². The van der Waals surface area contributed by atoms with E-state index in [0.29, 0.717) is 11.6 Å². The zero-order valence-corrected chi connectivity index (χ0v) is 12.6. The minimum atomic E-state index is 0.0685. The Bertz CT molecular complexity index is 617. The van der Waals surface area contributed by atoms with Crippen molar-refractivity contribution in [1.82, 2.24) is 4.57 Å². The lowest BCUT2D eigenvalue weighted by molar-refractivity contribution is 0.751. The van der Waals surface area contributed by atoms with Crippen LogP contribution in [-0.2, 0) is 6.54 Å². The molecule has 0 fully saturated rings. The standard InChI is InChI=1S/C12H11BrClNOS/c1-7-8(2)17-12(16)15(7)6-9-3-4-10(13)5-11(9)14/h3-5H,6H2,1-2H3. The second-order valence-electron chi connectivity index (χ2n) is 3.83. The Kier molecular flexibility index (Phi) is 3.76. The third-order valence-electron chi connectivity index (χ3n) is 2.72. The van der Waals surface area contributed by atoms with Crippen LogP contribution in [0.4, 0.5) is 0 Å². The number of aryl methyl sites for hydroxylation is 1. The zero-order valence-electron chi connectivity index (χ0n) is 9.46. The number of thiazole rings is 1. The highest BCUT2D eigenvalue weighted by Gasteiger charge is 2.09. The van der Waals surface area contributed by atoms with E-state index in [1.807, 2.05) is 32.0 Å². The van der Waals surface area contributed by atoms with Crippen molar-refractivity contribution in [3.63, 3.8) is 0 Å². The highest BCUT2D eigenvalue weighted by molar-refractivity contribution is 9.10. The van der Waals surface area contributed by atoms with Gasteiger partial charge in [-0.2, -0.15) is 0 Å². The molecule has 0 radical (unpaired) electrons. The lowest BCUT2D eigenvalue weighted by Gasteiger charge is -2.07. The van der Waals surface area contributed by atoms with Gasteiger partial charge in [-0.25, -0.2) is 0 Å². The molecule has 2 aromatic rings. The van der Waals surface area contributed by atoms with Gasteiger partial charge in [0.2, 0.25) is 0 Å². The molecule has 2 nitrogen and oxygen atoms in total. The van der Waals surface area contributed by atoms with Crippen LogP contribution in [0.1, 0.15) is 16.1 Å². The van der Waals surface area contributed by atoms with Crippen LogP contribution < -0.4 is 4.87 Å². The lowest BCUT2D eigenvalue weighted by Crippen LogP contribution is -2.15. The maximum absolute atomic E-state index is 11.8. The van der Waals surface area contributed by atoms with Crippen LogP contribution >= 0.6 is 38.9 Å². The van der Waals surface area contributed by atoms with E-state index in [1.54, 1.807) is 4.57 Å². The Morgan fingerprint density at radius 2 is 2.12 bits per heavy atom. The fourth-order valence-electron chi connectivity index (χ4n) is 1.59. The monoisotopic (exact) mass is 331 g/mol. The first-order valence-electron chi connectivity index (χ1n) is 5.10. The topological polar surface area (TPSA) is 22.0 Å². The summed E-state index contributed by atoms with van der Waals surface area (Å²) in [5, 5.41) is 0.675.